The molecule has 0 bridgehead atoms. The molecular weight excluding hydrogens is 344 g/mol. The lowest BCUT2D eigenvalue weighted by Gasteiger charge is -2.23. The normalized spacial score (nSPS) is 17.6. The first-order valence-electron chi connectivity index (χ1n) is 9.58. The van der Waals surface area contributed by atoms with Crippen LogP contribution in [-0.2, 0) is 4.74 Å². The van der Waals surface area contributed by atoms with Crippen LogP contribution >= 0.6 is 0 Å². The maximum atomic E-state index is 11.9. The number of ether oxygens (including phenoxy) is 2. The van der Waals surface area contributed by atoms with Crippen molar-refractivity contribution in [3.05, 3.63) is 30.3 Å². The van der Waals surface area contributed by atoms with Crippen molar-refractivity contribution in [2.45, 2.75) is 45.8 Å². The molecule has 2 N–H and O–H groups in total. The Kier molecular flexibility index (Phi) is 7.76. The molecule has 0 aliphatic carbocycles. The second-order valence-corrected chi connectivity index (χ2v) is 7.48. The van der Waals surface area contributed by atoms with Crippen molar-refractivity contribution in [2.75, 3.05) is 32.8 Å². The van der Waals surface area contributed by atoms with Gasteiger partial charge in [0.05, 0.1) is 12.6 Å². The van der Waals surface area contributed by atoms with Crippen LogP contribution in [0, 0.1) is 0 Å². The number of carbonyl (C=O) groups excluding carboxylic acids is 1. The van der Waals surface area contributed by atoms with E-state index in [0.717, 1.165) is 31.2 Å². The number of guanidine groups is 1. The summed E-state index contributed by atoms with van der Waals surface area (Å²) in [6.45, 7) is 11.1. The first kappa shape index (κ1) is 20.9. The fourth-order valence-corrected chi connectivity index (χ4v) is 2.80. The lowest BCUT2D eigenvalue weighted by Crippen LogP contribution is -2.44. The van der Waals surface area contributed by atoms with Gasteiger partial charge in [-0.15, -0.1) is 0 Å². The van der Waals surface area contributed by atoms with Gasteiger partial charge in [0.2, 0.25) is 0 Å². The van der Waals surface area contributed by atoms with Crippen molar-refractivity contribution in [3.63, 3.8) is 0 Å². The smallest absolute Gasteiger partial charge is 0.407 e. The van der Waals surface area contributed by atoms with Gasteiger partial charge < -0.3 is 25.0 Å². The first-order chi connectivity index (χ1) is 12.9. The molecule has 1 aromatic carbocycles. The van der Waals surface area contributed by atoms with Crippen LogP contribution in [0.1, 0.15) is 34.1 Å². The van der Waals surface area contributed by atoms with Crippen LogP contribution < -0.4 is 15.4 Å². The van der Waals surface area contributed by atoms with Gasteiger partial charge in [0.1, 0.15) is 18.0 Å². The summed E-state index contributed by atoms with van der Waals surface area (Å²) in [5, 5.41) is 6.25. The van der Waals surface area contributed by atoms with Crippen molar-refractivity contribution >= 4 is 12.1 Å². The summed E-state index contributed by atoms with van der Waals surface area (Å²) < 4.78 is 11.0. The number of benzene rings is 1. The summed E-state index contributed by atoms with van der Waals surface area (Å²) in [5.74, 6) is 1.70. The van der Waals surface area contributed by atoms with Gasteiger partial charge in [0, 0.05) is 19.6 Å². The van der Waals surface area contributed by atoms with Crippen LogP contribution in [0.2, 0.25) is 0 Å². The highest BCUT2D eigenvalue weighted by molar-refractivity contribution is 5.80. The molecule has 0 aromatic heterocycles. The second kappa shape index (κ2) is 10.0. The summed E-state index contributed by atoms with van der Waals surface area (Å²) >= 11 is 0. The fraction of sp³-hybridized carbons (Fsp3) is 0.600. The van der Waals surface area contributed by atoms with E-state index in [9.17, 15) is 4.79 Å². The number of likely N-dealkylation sites (tertiary alicyclic amines) is 1. The van der Waals surface area contributed by atoms with Crippen molar-refractivity contribution < 1.29 is 14.3 Å². The van der Waals surface area contributed by atoms with E-state index < -0.39 is 5.60 Å². The van der Waals surface area contributed by atoms with E-state index in [2.05, 4.69) is 20.5 Å². The van der Waals surface area contributed by atoms with Gasteiger partial charge >= 0.3 is 6.09 Å². The molecule has 1 unspecified atom stereocenters. The van der Waals surface area contributed by atoms with Crippen molar-refractivity contribution in [1.29, 1.82) is 0 Å². The zero-order valence-corrected chi connectivity index (χ0v) is 16.8. The summed E-state index contributed by atoms with van der Waals surface area (Å²) in [4.78, 5) is 18.8. The van der Waals surface area contributed by atoms with Gasteiger partial charge in [-0.3, -0.25) is 0 Å². The monoisotopic (exact) mass is 376 g/mol. The third-order valence-corrected chi connectivity index (χ3v) is 3.91. The standard InChI is InChI=1S/C20H32N4O3/c1-5-21-18(22-12-14-26-17-9-7-6-8-10-17)24-13-11-16(15-24)23-19(25)27-20(2,3)4/h6-10,16H,5,11-15H2,1-4H3,(H,21,22)(H,23,25). The highest BCUT2D eigenvalue weighted by Crippen LogP contribution is 2.12. The molecule has 1 amide bonds. The number of hydrogen-bond acceptors (Lipinski definition) is 4. The topological polar surface area (TPSA) is 75.2 Å². The van der Waals surface area contributed by atoms with E-state index in [1.54, 1.807) is 0 Å². The average molecular weight is 377 g/mol. The van der Waals surface area contributed by atoms with E-state index in [0.29, 0.717) is 19.7 Å². The molecule has 7 heteroatoms. The third-order valence-electron chi connectivity index (χ3n) is 3.91. The quantitative estimate of drug-likeness (QED) is 0.453. The number of nitrogens with zero attached hydrogens (tertiary/aromatic N) is 2. The molecule has 1 fully saturated rings. The Bertz CT molecular complexity index is 613. The molecule has 0 radical (unpaired) electrons. The molecule has 27 heavy (non-hydrogen) atoms. The zero-order chi connectivity index (χ0) is 19.7. The van der Waals surface area contributed by atoms with Gasteiger partial charge in [0.15, 0.2) is 5.96 Å². The lowest BCUT2D eigenvalue weighted by molar-refractivity contribution is 0.0507. The molecule has 1 atom stereocenters. The van der Waals surface area contributed by atoms with Crippen LogP contribution in [0.15, 0.2) is 35.3 Å². The number of nitrogens with one attached hydrogen (secondary N) is 2. The molecule has 7 nitrogen and oxygen atoms in total. The molecule has 1 heterocycles. The van der Waals surface area contributed by atoms with Crippen LogP contribution in [0.25, 0.3) is 0 Å². The van der Waals surface area contributed by atoms with Crippen molar-refractivity contribution in [3.8, 4) is 5.75 Å². The maximum Gasteiger partial charge on any atom is 0.407 e. The van der Waals surface area contributed by atoms with Crippen LogP contribution in [-0.4, -0.2) is 61.4 Å². The Morgan fingerprint density at radius 2 is 2.04 bits per heavy atom. The van der Waals surface area contributed by atoms with Gasteiger partial charge in [-0.05, 0) is 46.2 Å². The fourth-order valence-electron chi connectivity index (χ4n) is 2.80. The molecule has 1 aromatic rings. The van der Waals surface area contributed by atoms with E-state index >= 15 is 0 Å². The van der Waals surface area contributed by atoms with E-state index in [-0.39, 0.29) is 12.1 Å². The number of para-hydroxylation sites is 1. The molecular formula is C20H32N4O3. The maximum absolute atomic E-state index is 11.9. The van der Waals surface area contributed by atoms with Crippen LogP contribution in [0.5, 0.6) is 5.75 Å². The number of rotatable bonds is 6. The van der Waals surface area contributed by atoms with Gasteiger partial charge in [-0.2, -0.15) is 0 Å². The van der Waals surface area contributed by atoms with E-state index in [1.807, 2.05) is 58.0 Å². The van der Waals surface area contributed by atoms with E-state index in [1.165, 1.54) is 0 Å². The number of carbonyl (C=O) groups is 1. The van der Waals surface area contributed by atoms with Crippen molar-refractivity contribution in [1.82, 2.24) is 15.5 Å². The minimum absolute atomic E-state index is 0.0595. The highest BCUT2D eigenvalue weighted by atomic mass is 16.6. The lowest BCUT2D eigenvalue weighted by atomic mass is 10.2. The Balaban J connectivity index is 1.81. The Labute approximate surface area is 162 Å². The Morgan fingerprint density at radius 1 is 1.30 bits per heavy atom. The zero-order valence-electron chi connectivity index (χ0n) is 16.8. The molecule has 1 saturated heterocycles. The number of alkyl carbamates (subject to hydrolysis) is 1. The number of aliphatic imine (C=N–C) groups is 1. The summed E-state index contributed by atoms with van der Waals surface area (Å²) in [7, 11) is 0. The molecule has 1 aliphatic heterocycles. The van der Waals surface area contributed by atoms with Crippen LogP contribution in [0.3, 0.4) is 0 Å². The summed E-state index contributed by atoms with van der Waals surface area (Å²) in [6, 6.07) is 9.79. The van der Waals surface area contributed by atoms with Crippen LogP contribution in [0.4, 0.5) is 4.79 Å². The molecule has 2 rings (SSSR count). The SMILES string of the molecule is CCNC(=NCCOc1ccccc1)N1CCC(NC(=O)OC(C)(C)C)C1. The molecule has 1 aliphatic rings. The third kappa shape index (κ3) is 7.76. The van der Waals surface area contributed by atoms with Gasteiger partial charge in [-0.25, -0.2) is 9.79 Å². The summed E-state index contributed by atoms with van der Waals surface area (Å²) in [6.07, 6.45) is 0.497. The minimum atomic E-state index is -0.489. The average Bonchev–Trinajstić information content (AvgIpc) is 3.05. The van der Waals surface area contributed by atoms with Gasteiger partial charge in [-0.1, -0.05) is 18.2 Å². The predicted molar refractivity (Wildman–Crippen MR) is 107 cm³/mol. The predicted octanol–water partition coefficient (Wildman–Crippen LogP) is 2.63. The second-order valence-electron chi connectivity index (χ2n) is 7.48. The number of amides is 1. The number of hydrogen-bond donors (Lipinski definition) is 2. The van der Waals surface area contributed by atoms with E-state index in [4.69, 9.17) is 9.47 Å². The largest absolute Gasteiger partial charge is 0.492 e. The minimum Gasteiger partial charge on any atom is -0.492 e. The summed E-state index contributed by atoms with van der Waals surface area (Å²) in [5.41, 5.74) is -0.489. The van der Waals surface area contributed by atoms with Crippen molar-refractivity contribution in [2.24, 2.45) is 4.99 Å². The van der Waals surface area contributed by atoms with Gasteiger partial charge in [0.25, 0.3) is 0 Å². The molecule has 0 spiro atoms. The highest BCUT2D eigenvalue weighted by Gasteiger charge is 2.27. The first-order valence-corrected chi connectivity index (χ1v) is 9.58. The molecule has 0 saturated carbocycles. The Morgan fingerprint density at radius 3 is 2.70 bits per heavy atom. The molecule has 150 valence electrons. The Hall–Kier alpha value is -2.44.